The number of carbonyl (C=O) groups excluding carboxylic acids is 4. The molecule has 5 rings (SSSR count). The predicted molar refractivity (Wildman–Crippen MR) is 82.6 cm³/mol. The van der Waals surface area contributed by atoms with Gasteiger partial charge < -0.3 is 20.4 Å². The highest BCUT2D eigenvalue weighted by atomic mass is 16.2. The molecule has 24 heavy (non-hydrogen) atoms. The first-order valence-corrected chi connectivity index (χ1v) is 8.72. The van der Waals surface area contributed by atoms with Crippen molar-refractivity contribution in [1.82, 2.24) is 20.4 Å². The summed E-state index contributed by atoms with van der Waals surface area (Å²) in [6.45, 7) is 1.06. The summed E-state index contributed by atoms with van der Waals surface area (Å²) in [5.41, 5.74) is 0. The number of hydrogen-bond acceptors (Lipinski definition) is 4. The Morgan fingerprint density at radius 1 is 0.750 bits per heavy atom. The Labute approximate surface area is 139 Å². The molecule has 5 saturated heterocycles. The highest BCUT2D eigenvalue weighted by molar-refractivity contribution is 5.92. The largest absolute Gasteiger partial charge is 0.344 e. The molecule has 5 aliphatic rings. The Bertz CT molecular complexity index is 555. The van der Waals surface area contributed by atoms with Gasteiger partial charge in [-0.15, -0.1) is 0 Å². The van der Waals surface area contributed by atoms with Gasteiger partial charge in [0.25, 0.3) is 0 Å². The average molecular weight is 334 g/mol. The van der Waals surface area contributed by atoms with Crippen molar-refractivity contribution in [3.63, 3.8) is 0 Å². The second-order valence-corrected chi connectivity index (χ2v) is 7.18. The van der Waals surface area contributed by atoms with Crippen LogP contribution in [-0.2, 0) is 19.2 Å². The lowest BCUT2D eigenvalue weighted by Crippen LogP contribution is -2.68. The zero-order valence-electron chi connectivity index (χ0n) is 13.5. The van der Waals surface area contributed by atoms with Gasteiger partial charge in [-0.2, -0.15) is 0 Å². The summed E-state index contributed by atoms with van der Waals surface area (Å²) in [7, 11) is 0. The van der Waals surface area contributed by atoms with E-state index in [4.69, 9.17) is 0 Å². The van der Waals surface area contributed by atoms with Crippen molar-refractivity contribution in [3.8, 4) is 0 Å². The van der Waals surface area contributed by atoms with Gasteiger partial charge in [-0.3, -0.25) is 19.2 Å². The van der Waals surface area contributed by atoms with Crippen LogP contribution in [0.25, 0.3) is 0 Å². The number of nitrogens with zero attached hydrogens (tertiary/aromatic N) is 2. The molecule has 2 N–H and O–H groups in total. The number of hydrogen-bond donors (Lipinski definition) is 2. The summed E-state index contributed by atoms with van der Waals surface area (Å²) in [5, 5.41) is 5.47. The molecule has 2 unspecified atom stereocenters. The molecule has 4 amide bonds. The normalized spacial score (nSPS) is 35.2. The SMILES string of the molecule is O=C1CC[C@@H](C(=O)N2CC3CCC2CN3C(=O)[C@@H]2CCC(=O)N2)N1. The highest BCUT2D eigenvalue weighted by Gasteiger charge is 2.46. The lowest BCUT2D eigenvalue weighted by molar-refractivity contribution is -0.154. The van der Waals surface area contributed by atoms with Gasteiger partial charge in [0.2, 0.25) is 23.6 Å². The van der Waals surface area contributed by atoms with E-state index in [0.29, 0.717) is 38.8 Å². The molecule has 8 nitrogen and oxygen atoms in total. The zero-order chi connectivity index (χ0) is 16.8. The maximum absolute atomic E-state index is 12.7. The molecule has 2 bridgehead atoms. The van der Waals surface area contributed by atoms with Gasteiger partial charge in [0.1, 0.15) is 12.1 Å². The Hall–Kier alpha value is -2.12. The number of carbonyl (C=O) groups is 4. The van der Waals surface area contributed by atoms with Crippen molar-refractivity contribution in [2.24, 2.45) is 0 Å². The minimum Gasteiger partial charge on any atom is -0.344 e. The molecule has 5 fully saturated rings. The molecule has 5 aliphatic heterocycles. The van der Waals surface area contributed by atoms with Crippen molar-refractivity contribution in [2.45, 2.75) is 62.7 Å². The Morgan fingerprint density at radius 3 is 1.46 bits per heavy atom. The fourth-order valence-electron chi connectivity index (χ4n) is 4.37. The van der Waals surface area contributed by atoms with Gasteiger partial charge in [0.05, 0.1) is 0 Å². The topological polar surface area (TPSA) is 98.8 Å². The maximum Gasteiger partial charge on any atom is 0.245 e. The number of piperazine rings is 1. The fraction of sp³-hybridized carbons (Fsp3) is 0.750. The van der Waals surface area contributed by atoms with E-state index in [0.717, 1.165) is 12.8 Å². The van der Waals surface area contributed by atoms with Crippen LogP contribution in [0.4, 0.5) is 0 Å². The third-order valence-corrected chi connectivity index (χ3v) is 5.68. The van der Waals surface area contributed by atoms with Crippen LogP contribution in [0.1, 0.15) is 38.5 Å². The molecule has 0 saturated carbocycles. The fourth-order valence-corrected chi connectivity index (χ4v) is 4.37. The van der Waals surface area contributed by atoms with E-state index < -0.39 is 12.1 Å². The molecule has 0 radical (unpaired) electrons. The molecule has 5 heterocycles. The van der Waals surface area contributed by atoms with E-state index in [-0.39, 0.29) is 35.7 Å². The lowest BCUT2D eigenvalue weighted by Gasteiger charge is -2.52. The molecule has 0 spiro atoms. The van der Waals surface area contributed by atoms with E-state index >= 15 is 0 Å². The minimum absolute atomic E-state index is 0.0149. The maximum atomic E-state index is 12.7. The van der Waals surface area contributed by atoms with E-state index in [1.807, 2.05) is 9.80 Å². The molecule has 0 aromatic rings. The second kappa shape index (κ2) is 5.75. The first kappa shape index (κ1) is 15.4. The summed E-state index contributed by atoms with van der Waals surface area (Å²) in [4.78, 5) is 51.7. The summed E-state index contributed by atoms with van der Waals surface area (Å²) >= 11 is 0. The summed E-state index contributed by atoms with van der Waals surface area (Å²) in [6, 6.07) is -0.785. The monoisotopic (exact) mass is 334 g/mol. The Morgan fingerprint density at radius 2 is 1.17 bits per heavy atom. The number of rotatable bonds is 2. The first-order chi connectivity index (χ1) is 11.5. The van der Waals surface area contributed by atoms with Gasteiger partial charge in [-0.25, -0.2) is 0 Å². The first-order valence-electron chi connectivity index (χ1n) is 8.72. The second-order valence-electron chi connectivity index (χ2n) is 7.18. The minimum atomic E-state index is -0.407. The summed E-state index contributed by atoms with van der Waals surface area (Å²) in [5.74, 6) is -0.165. The molecule has 130 valence electrons. The third kappa shape index (κ3) is 2.53. The van der Waals surface area contributed by atoms with Crippen LogP contribution in [0.5, 0.6) is 0 Å². The Kier molecular flexibility index (Phi) is 3.69. The third-order valence-electron chi connectivity index (χ3n) is 5.68. The summed E-state index contributed by atoms with van der Waals surface area (Å²) < 4.78 is 0. The van der Waals surface area contributed by atoms with Crippen LogP contribution in [0.15, 0.2) is 0 Å². The van der Waals surface area contributed by atoms with Crippen molar-refractivity contribution in [2.75, 3.05) is 13.1 Å². The highest BCUT2D eigenvalue weighted by Crippen LogP contribution is 2.31. The Balaban J connectivity index is 1.42. The van der Waals surface area contributed by atoms with Gasteiger partial charge in [-0.05, 0) is 25.7 Å². The zero-order valence-corrected chi connectivity index (χ0v) is 13.5. The number of amides is 4. The van der Waals surface area contributed by atoms with Crippen LogP contribution < -0.4 is 10.6 Å². The predicted octanol–water partition coefficient (Wildman–Crippen LogP) is -1.25. The van der Waals surface area contributed by atoms with E-state index in [9.17, 15) is 19.2 Å². The van der Waals surface area contributed by atoms with Gasteiger partial charge in [0.15, 0.2) is 0 Å². The van der Waals surface area contributed by atoms with Gasteiger partial charge >= 0.3 is 0 Å². The standard InChI is InChI=1S/C16H22N4O4/c21-13-5-3-11(17-13)15(23)19-8-10-2-1-9(19)7-20(10)16(24)12-4-6-14(22)18-12/h9-12H,1-8H2,(H,17,21)(H,18,22)/t9?,10?,11-,12-/m0/s1. The summed E-state index contributed by atoms with van der Waals surface area (Å²) in [6.07, 6.45) is 3.70. The van der Waals surface area contributed by atoms with E-state index in [1.54, 1.807) is 0 Å². The van der Waals surface area contributed by atoms with Gasteiger partial charge in [-0.1, -0.05) is 0 Å². The van der Waals surface area contributed by atoms with Crippen LogP contribution in [-0.4, -0.2) is 70.7 Å². The van der Waals surface area contributed by atoms with Crippen molar-refractivity contribution in [3.05, 3.63) is 0 Å². The lowest BCUT2D eigenvalue weighted by atomic mass is 9.89. The van der Waals surface area contributed by atoms with Crippen LogP contribution >= 0.6 is 0 Å². The van der Waals surface area contributed by atoms with E-state index in [1.165, 1.54) is 0 Å². The van der Waals surface area contributed by atoms with E-state index in [2.05, 4.69) is 10.6 Å². The van der Waals surface area contributed by atoms with Crippen LogP contribution in [0.3, 0.4) is 0 Å². The van der Waals surface area contributed by atoms with Crippen molar-refractivity contribution >= 4 is 23.6 Å². The average Bonchev–Trinajstić information content (AvgIpc) is 3.22. The molecule has 0 aromatic heterocycles. The van der Waals surface area contributed by atoms with Crippen LogP contribution in [0, 0.1) is 0 Å². The van der Waals surface area contributed by atoms with Crippen molar-refractivity contribution in [1.29, 1.82) is 0 Å². The quantitative estimate of drug-likeness (QED) is 0.659. The molecule has 0 aromatic carbocycles. The van der Waals surface area contributed by atoms with Gasteiger partial charge in [0, 0.05) is 38.0 Å². The smallest absolute Gasteiger partial charge is 0.245 e. The molecule has 8 heteroatoms. The number of nitrogens with one attached hydrogen (secondary N) is 2. The molecule has 4 atom stereocenters. The van der Waals surface area contributed by atoms with Crippen LogP contribution in [0.2, 0.25) is 0 Å². The number of fused-ring (bicyclic) bond motifs is 3. The molecule has 0 aliphatic carbocycles. The number of piperidine rings is 2. The molecular formula is C16H22N4O4. The van der Waals surface area contributed by atoms with Crippen molar-refractivity contribution < 1.29 is 19.2 Å². The molecular weight excluding hydrogens is 312 g/mol.